The van der Waals surface area contributed by atoms with Crippen molar-refractivity contribution in [3.8, 4) is 5.75 Å². The van der Waals surface area contributed by atoms with Crippen LogP contribution in [0.15, 0.2) is 23.1 Å². The molecule has 0 amide bonds. The van der Waals surface area contributed by atoms with Gasteiger partial charge in [0.2, 0.25) is 0 Å². The van der Waals surface area contributed by atoms with Crippen molar-refractivity contribution in [2.24, 2.45) is 0 Å². The highest BCUT2D eigenvalue weighted by Gasteiger charge is 2.06. The molecule has 0 spiro atoms. The van der Waals surface area contributed by atoms with Crippen LogP contribution in [-0.4, -0.2) is 13.4 Å². The fourth-order valence-corrected chi connectivity index (χ4v) is 1.29. The smallest absolute Gasteiger partial charge is 0.132 e. The van der Waals surface area contributed by atoms with E-state index in [9.17, 15) is 4.79 Å². The summed E-state index contributed by atoms with van der Waals surface area (Å²) in [5, 5.41) is 0. The Bertz CT molecular complexity index is 310. The number of rotatable bonds is 3. The molecule has 13 heavy (non-hydrogen) atoms. The summed E-state index contributed by atoms with van der Waals surface area (Å²) in [5.41, 5.74) is 0.949. The number of ether oxygens (including phenoxy) is 1. The summed E-state index contributed by atoms with van der Waals surface area (Å²) in [7, 11) is 1.59. The SMILES string of the molecule is COc1cc(C(C)C=O)ccc1S. The molecule has 0 radical (unpaired) electrons. The molecule has 0 heterocycles. The summed E-state index contributed by atoms with van der Waals surface area (Å²) in [4.78, 5) is 11.3. The average molecular weight is 196 g/mol. The molecule has 1 unspecified atom stereocenters. The average Bonchev–Trinajstić information content (AvgIpc) is 2.17. The van der Waals surface area contributed by atoms with E-state index in [0.29, 0.717) is 5.75 Å². The van der Waals surface area contributed by atoms with Crippen molar-refractivity contribution in [2.75, 3.05) is 7.11 Å². The van der Waals surface area contributed by atoms with Gasteiger partial charge in [-0.05, 0) is 17.7 Å². The third kappa shape index (κ3) is 2.25. The largest absolute Gasteiger partial charge is 0.496 e. The van der Waals surface area contributed by atoms with Gasteiger partial charge in [0, 0.05) is 10.8 Å². The lowest BCUT2D eigenvalue weighted by atomic mass is 10.0. The number of aldehydes is 1. The Morgan fingerprint density at radius 3 is 2.77 bits per heavy atom. The normalized spacial score (nSPS) is 12.2. The fraction of sp³-hybridized carbons (Fsp3) is 0.300. The van der Waals surface area contributed by atoms with Crippen molar-refractivity contribution in [3.63, 3.8) is 0 Å². The topological polar surface area (TPSA) is 26.3 Å². The predicted octanol–water partition coefficient (Wildman–Crippen LogP) is 2.29. The predicted molar refractivity (Wildman–Crippen MR) is 54.7 cm³/mol. The Labute approximate surface area is 83.3 Å². The Kier molecular flexibility index (Phi) is 3.37. The van der Waals surface area contributed by atoms with E-state index in [-0.39, 0.29) is 5.92 Å². The minimum Gasteiger partial charge on any atom is -0.496 e. The number of hydrogen-bond donors (Lipinski definition) is 1. The molecule has 2 nitrogen and oxygen atoms in total. The van der Waals surface area contributed by atoms with Gasteiger partial charge < -0.3 is 9.53 Å². The highest BCUT2D eigenvalue weighted by molar-refractivity contribution is 7.80. The molecule has 0 aliphatic carbocycles. The van der Waals surface area contributed by atoms with Crippen molar-refractivity contribution in [1.82, 2.24) is 0 Å². The molecule has 1 rings (SSSR count). The molecule has 0 saturated heterocycles. The molecular formula is C10H12O2S. The third-order valence-electron chi connectivity index (χ3n) is 1.93. The summed E-state index contributed by atoms with van der Waals surface area (Å²) < 4.78 is 5.09. The van der Waals surface area contributed by atoms with E-state index in [4.69, 9.17) is 4.74 Å². The number of carbonyl (C=O) groups is 1. The maximum Gasteiger partial charge on any atom is 0.132 e. The molecule has 0 aliphatic rings. The molecule has 0 aromatic heterocycles. The van der Waals surface area contributed by atoms with E-state index >= 15 is 0 Å². The molecule has 0 bridgehead atoms. The highest BCUT2D eigenvalue weighted by atomic mass is 32.1. The van der Waals surface area contributed by atoms with Crippen molar-refractivity contribution in [1.29, 1.82) is 0 Å². The standard InChI is InChI=1S/C10H12O2S/c1-7(6-11)8-3-4-10(13)9(5-8)12-2/h3-7,13H,1-2H3. The minimum atomic E-state index is -0.0946. The molecule has 1 atom stereocenters. The van der Waals surface area contributed by atoms with Crippen LogP contribution in [0.3, 0.4) is 0 Å². The van der Waals surface area contributed by atoms with Gasteiger partial charge >= 0.3 is 0 Å². The second-order valence-corrected chi connectivity index (χ2v) is 3.34. The van der Waals surface area contributed by atoms with E-state index in [1.807, 2.05) is 25.1 Å². The van der Waals surface area contributed by atoms with Crippen LogP contribution in [0, 0.1) is 0 Å². The molecule has 0 fully saturated rings. The van der Waals surface area contributed by atoms with Gasteiger partial charge in [-0.2, -0.15) is 0 Å². The van der Waals surface area contributed by atoms with E-state index in [1.165, 1.54) is 0 Å². The quantitative estimate of drug-likeness (QED) is 0.593. The summed E-state index contributed by atoms with van der Waals surface area (Å²) in [6.07, 6.45) is 0.910. The van der Waals surface area contributed by atoms with Crippen LogP contribution in [0.4, 0.5) is 0 Å². The summed E-state index contributed by atoms with van der Waals surface area (Å²) in [6.45, 7) is 1.85. The van der Waals surface area contributed by atoms with Crippen molar-refractivity contribution < 1.29 is 9.53 Å². The van der Waals surface area contributed by atoms with E-state index < -0.39 is 0 Å². The van der Waals surface area contributed by atoms with Crippen molar-refractivity contribution in [2.45, 2.75) is 17.7 Å². The first-order valence-electron chi connectivity index (χ1n) is 4.01. The number of methoxy groups -OCH3 is 1. The molecule has 0 N–H and O–H groups in total. The molecule has 3 heteroatoms. The first-order chi connectivity index (χ1) is 6.19. The Balaban J connectivity index is 3.05. The van der Waals surface area contributed by atoms with Crippen LogP contribution < -0.4 is 4.74 Å². The molecule has 70 valence electrons. The molecule has 1 aromatic rings. The van der Waals surface area contributed by atoms with Crippen LogP contribution >= 0.6 is 12.6 Å². The summed E-state index contributed by atoms with van der Waals surface area (Å²) in [5.74, 6) is 0.609. The first kappa shape index (κ1) is 10.1. The lowest BCUT2D eigenvalue weighted by molar-refractivity contribution is -0.108. The lowest BCUT2D eigenvalue weighted by Crippen LogP contribution is -1.95. The Morgan fingerprint density at radius 2 is 2.23 bits per heavy atom. The molecule has 0 aliphatic heterocycles. The third-order valence-corrected chi connectivity index (χ3v) is 2.30. The summed E-state index contributed by atoms with van der Waals surface area (Å²) in [6, 6.07) is 5.54. The van der Waals surface area contributed by atoms with Crippen molar-refractivity contribution in [3.05, 3.63) is 23.8 Å². The van der Waals surface area contributed by atoms with Crippen LogP contribution in [0.1, 0.15) is 18.4 Å². The zero-order valence-corrected chi connectivity index (χ0v) is 8.54. The van der Waals surface area contributed by atoms with Gasteiger partial charge in [-0.15, -0.1) is 12.6 Å². The lowest BCUT2D eigenvalue weighted by Gasteiger charge is -2.08. The number of carbonyl (C=O) groups excluding carboxylic acids is 1. The number of hydrogen-bond acceptors (Lipinski definition) is 3. The van der Waals surface area contributed by atoms with Gasteiger partial charge in [-0.3, -0.25) is 0 Å². The van der Waals surface area contributed by atoms with E-state index in [1.54, 1.807) is 7.11 Å². The maximum atomic E-state index is 10.5. The van der Waals surface area contributed by atoms with E-state index in [0.717, 1.165) is 16.7 Å². The Morgan fingerprint density at radius 1 is 1.54 bits per heavy atom. The van der Waals surface area contributed by atoms with Gasteiger partial charge in [-0.25, -0.2) is 0 Å². The molecular weight excluding hydrogens is 184 g/mol. The van der Waals surface area contributed by atoms with Crippen LogP contribution in [0.25, 0.3) is 0 Å². The zero-order chi connectivity index (χ0) is 9.84. The van der Waals surface area contributed by atoms with Gasteiger partial charge in [-0.1, -0.05) is 13.0 Å². The minimum absolute atomic E-state index is 0.0946. The maximum absolute atomic E-state index is 10.5. The number of thiol groups is 1. The highest BCUT2D eigenvalue weighted by Crippen LogP contribution is 2.26. The van der Waals surface area contributed by atoms with Gasteiger partial charge in [0.05, 0.1) is 7.11 Å². The fourth-order valence-electron chi connectivity index (χ4n) is 1.06. The van der Waals surface area contributed by atoms with Crippen LogP contribution in [-0.2, 0) is 4.79 Å². The Hall–Kier alpha value is -0.960. The molecule has 0 saturated carbocycles. The second-order valence-electron chi connectivity index (χ2n) is 2.86. The molecule has 1 aromatic carbocycles. The van der Waals surface area contributed by atoms with Gasteiger partial charge in [0.1, 0.15) is 12.0 Å². The summed E-state index contributed by atoms with van der Waals surface area (Å²) >= 11 is 4.21. The van der Waals surface area contributed by atoms with Gasteiger partial charge in [0.25, 0.3) is 0 Å². The van der Waals surface area contributed by atoms with Crippen molar-refractivity contribution >= 4 is 18.9 Å². The second kappa shape index (κ2) is 4.33. The zero-order valence-electron chi connectivity index (χ0n) is 7.65. The van der Waals surface area contributed by atoms with Crippen LogP contribution in [0.2, 0.25) is 0 Å². The van der Waals surface area contributed by atoms with E-state index in [2.05, 4.69) is 12.6 Å². The first-order valence-corrected chi connectivity index (χ1v) is 4.46. The number of benzene rings is 1. The monoisotopic (exact) mass is 196 g/mol. The van der Waals surface area contributed by atoms with Gasteiger partial charge in [0.15, 0.2) is 0 Å². The van der Waals surface area contributed by atoms with Crippen LogP contribution in [0.5, 0.6) is 5.75 Å².